The van der Waals surface area contributed by atoms with Crippen LogP contribution in [0, 0.1) is 5.41 Å². The second kappa shape index (κ2) is 6.17. The molecule has 8 heteroatoms. The van der Waals surface area contributed by atoms with Crippen LogP contribution in [0.4, 0.5) is 0 Å². The summed E-state index contributed by atoms with van der Waals surface area (Å²) in [5, 5.41) is 11.2. The number of fused-ring (bicyclic) bond motifs is 1. The predicted molar refractivity (Wildman–Crippen MR) is 80.4 cm³/mol. The zero-order valence-corrected chi connectivity index (χ0v) is 12.9. The maximum absolute atomic E-state index is 12.3. The summed E-state index contributed by atoms with van der Waals surface area (Å²) in [6.45, 7) is 1.57. The molecule has 0 radical (unpaired) electrons. The molecule has 0 spiro atoms. The van der Waals surface area contributed by atoms with Gasteiger partial charge in [-0.25, -0.2) is 9.99 Å². The van der Waals surface area contributed by atoms with Gasteiger partial charge in [-0.05, 0) is 0 Å². The van der Waals surface area contributed by atoms with Crippen molar-refractivity contribution >= 4 is 47.8 Å². The maximum atomic E-state index is 12.3. The van der Waals surface area contributed by atoms with Gasteiger partial charge in [0.25, 0.3) is 5.91 Å². The molecule has 106 valence electrons. The Morgan fingerprint density at radius 3 is 3.00 bits per heavy atom. The molecular weight excluding hydrogens is 307 g/mol. The monoisotopic (exact) mass is 322 g/mol. The van der Waals surface area contributed by atoms with Gasteiger partial charge in [0, 0.05) is 38.4 Å². The van der Waals surface area contributed by atoms with E-state index in [-0.39, 0.29) is 30.7 Å². The molecule has 19 heavy (non-hydrogen) atoms. The van der Waals surface area contributed by atoms with Crippen molar-refractivity contribution in [2.24, 2.45) is 10.5 Å². The van der Waals surface area contributed by atoms with Crippen molar-refractivity contribution < 1.29 is 4.79 Å². The fourth-order valence-corrected chi connectivity index (χ4v) is 3.16. The Balaban J connectivity index is 0.000000902. The van der Waals surface area contributed by atoms with Crippen molar-refractivity contribution in [2.45, 2.75) is 12.8 Å². The van der Waals surface area contributed by atoms with Gasteiger partial charge in [0.1, 0.15) is 5.41 Å². The third kappa shape index (κ3) is 2.63. The number of hydrazone groups is 1. The number of halogens is 2. The van der Waals surface area contributed by atoms with Gasteiger partial charge >= 0.3 is 0 Å². The van der Waals surface area contributed by atoms with Gasteiger partial charge in [0.05, 0.1) is 16.9 Å². The average Bonchev–Trinajstić information content (AvgIpc) is 2.90. The highest BCUT2D eigenvalue weighted by Crippen LogP contribution is 2.35. The van der Waals surface area contributed by atoms with E-state index in [9.17, 15) is 4.79 Å². The van der Waals surface area contributed by atoms with Gasteiger partial charge in [-0.15, -0.1) is 36.2 Å². The highest BCUT2D eigenvalue weighted by atomic mass is 35.5. The first-order valence-electron chi connectivity index (χ1n) is 5.66. The predicted octanol–water partition coefficient (Wildman–Crippen LogP) is 1.34. The molecule has 1 saturated heterocycles. The molecule has 1 atom stereocenters. The summed E-state index contributed by atoms with van der Waals surface area (Å²) in [7, 11) is 1.73. The number of thiazole rings is 1. The number of rotatable bonds is 2. The lowest BCUT2D eigenvalue weighted by Crippen LogP contribution is -2.52. The van der Waals surface area contributed by atoms with E-state index in [2.05, 4.69) is 15.4 Å². The minimum absolute atomic E-state index is 0. The molecule has 5 nitrogen and oxygen atoms in total. The van der Waals surface area contributed by atoms with Crippen molar-refractivity contribution in [3.05, 3.63) is 16.6 Å². The summed E-state index contributed by atoms with van der Waals surface area (Å²) < 4.78 is 0. The number of hydrogen-bond donors (Lipinski definition) is 1. The first kappa shape index (κ1) is 16.4. The molecule has 0 saturated carbocycles. The molecule has 0 unspecified atom stereocenters. The Kier molecular flexibility index (Phi) is 5.32. The Hall–Kier alpha value is -0.690. The highest BCUT2D eigenvalue weighted by Gasteiger charge is 2.51. The van der Waals surface area contributed by atoms with E-state index < -0.39 is 5.41 Å². The summed E-state index contributed by atoms with van der Waals surface area (Å²) >= 11 is 1.56. The van der Waals surface area contributed by atoms with Crippen LogP contribution in [-0.2, 0) is 11.2 Å². The summed E-state index contributed by atoms with van der Waals surface area (Å²) in [4.78, 5) is 16.6. The standard InChI is InChI=1S/C11H14N4OS.2ClH/c1-15-10(16)11(4-8-5-17-7-13-8)6-12-3-2-9(11)14-15;;/h5,7,12H,2-4,6H2,1H3;2*1H/t11-;;/m0../s1. The summed E-state index contributed by atoms with van der Waals surface area (Å²) in [6, 6.07) is 0. The molecule has 1 aromatic heterocycles. The van der Waals surface area contributed by atoms with Crippen LogP contribution >= 0.6 is 36.2 Å². The van der Waals surface area contributed by atoms with E-state index >= 15 is 0 Å². The van der Waals surface area contributed by atoms with Gasteiger partial charge < -0.3 is 5.32 Å². The van der Waals surface area contributed by atoms with Gasteiger partial charge in [-0.3, -0.25) is 4.79 Å². The molecule has 2 aliphatic rings. The fourth-order valence-electron chi connectivity index (χ4n) is 2.61. The van der Waals surface area contributed by atoms with E-state index in [1.54, 1.807) is 18.4 Å². The van der Waals surface area contributed by atoms with Crippen molar-refractivity contribution in [1.29, 1.82) is 0 Å². The Labute approximate surface area is 128 Å². The number of carbonyl (C=O) groups excluding carboxylic acids is 1. The number of nitrogens with one attached hydrogen (secondary N) is 1. The van der Waals surface area contributed by atoms with Crippen molar-refractivity contribution in [2.75, 3.05) is 20.1 Å². The molecule has 0 aliphatic carbocycles. The molecular formula is C11H16Cl2N4OS. The van der Waals surface area contributed by atoms with Crippen molar-refractivity contribution in [1.82, 2.24) is 15.3 Å². The Bertz CT molecular complexity index is 479. The first-order chi connectivity index (χ1) is 8.22. The zero-order chi connectivity index (χ0) is 11.9. The smallest absolute Gasteiger partial charge is 0.256 e. The van der Waals surface area contributed by atoms with E-state index in [0.29, 0.717) is 13.0 Å². The molecule has 1 aromatic rings. The zero-order valence-electron chi connectivity index (χ0n) is 10.5. The maximum Gasteiger partial charge on any atom is 0.256 e. The van der Waals surface area contributed by atoms with Crippen LogP contribution in [0.5, 0.6) is 0 Å². The van der Waals surface area contributed by atoms with Crippen LogP contribution in [0.25, 0.3) is 0 Å². The largest absolute Gasteiger partial charge is 0.315 e. The van der Waals surface area contributed by atoms with E-state index in [1.807, 2.05) is 10.9 Å². The van der Waals surface area contributed by atoms with Crippen LogP contribution in [0.2, 0.25) is 0 Å². The van der Waals surface area contributed by atoms with Crippen LogP contribution in [-0.4, -0.2) is 41.7 Å². The van der Waals surface area contributed by atoms with Crippen LogP contribution in [0.3, 0.4) is 0 Å². The van der Waals surface area contributed by atoms with Gasteiger partial charge in [0.2, 0.25) is 0 Å². The molecule has 3 rings (SSSR count). The minimum Gasteiger partial charge on any atom is -0.315 e. The molecule has 1 fully saturated rings. The van der Waals surface area contributed by atoms with Gasteiger partial charge in [-0.1, -0.05) is 0 Å². The van der Waals surface area contributed by atoms with Crippen molar-refractivity contribution in [3.8, 4) is 0 Å². The van der Waals surface area contributed by atoms with Crippen LogP contribution in [0.1, 0.15) is 12.1 Å². The second-order valence-electron chi connectivity index (χ2n) is 4.54. The SMILES string of the molecule is CN1N=C2CCNC[C@]2(Cc2cscn2)C1=O.Cl.Cl. The normalized spacial score (nSPS) is 25.2. The lowest BCUT2D eigenvalue weighted by molar-refractivity contribution is -0.135. The molecule has 3 heterocycles. The van der Waals surface area contributed by atoms with Crippen molar-refractivity contribution in [3.63, 3.8) is 0 Å². The van der Waals surface area contributed by atoms with E-state index in [4.69, 9.17) is 0 Å². The number of nitrogens with zero attached hydrogens (tertiary/aromatic N) is 3. The summed E-state index contributed by atoms with van der Waals surface area (Å²) in [6.07, 6.45) is 1.51. The lowest BCUT2D eigenvalue weighted by atomic mass is 9.75. The number of carbonyl (C=O) groups is 1. The third-order valence-corrected chi connectivity index (χ3v) is 4.09. The highest BCUT2D eigenvalue weighted by molar-refractivity contribution is 7.07. The molecule has 1 N–H and O–H groups in total. The van der Waals surface area contributed by atoms with E-state index in [1.165, 1.54) is 5.01 Å². The number of aromatic nitrogens is 1. The average molecular weight is 323 g/mol. The van der Waals surface area contributed by atoms with Gasteiger partial charge in [-0.2, -0.15) is 5.10 Å². The lowest BCUT2D eigenvalue weighted by Gasteiger charge is -2.32. The molecule has 2 aliphatic heterocycles. The quantitative estimate of drug-likeness (QED) is 0.893. The second-order valence-corrected chi connectivity index (χ2v) is 5.26. The summed E-state index contributed by atoms with van der Waals surface area (Å²) in [5.74, 6) is 0.0905. The van der Waals surface area contributed by atoms with E-state index in [0.717, 1.165) is 24.4 Å². The number of piperidine rings is 1. The molecule has 0 bridgehead atoms. The third-order valence-electron chi connectivity index (χ3n) is 3.46. The fraction of sp³-hybridized carbons (Fsp3) is 0.545. The van der Waals surface area contributed by atoms with Crippen LogP contribution < -0.4 is 5.32 Å². The first-order valence-corrected chi connectivity index (χ1v) is 6.60. The topological polar surface area (TPSA) is 57.6 Å². The minimum atomic E-state index is -0.485. The molecule has 0 aromatic carbocycles. The number of amides is 1. The Morgan fingerprint density at radius 2 is 2.32 bits per heavy atom. The number of hydrogen-bond acceptors (Lipinski definition) is 5. The molecule has 1 amide bonds. The van der Waals surface area contributed by atoms with Gasteiger partial charge in [0.15, 0.2) is 0 Å². The Morgan fingerprint density at radius 1 is 1.53 bits per heavy atom. The van der Waals surface area contributed by atoms with Crippen LogP contribution in [0.15, 0.2) is 16.0 Å². The summed E-state index contributed by atoms with van der Waals surface area (Å²) in [5.41, 5.74) is 3.32.